The maximum absolute atomic E-state index is 5.27. The summed E-state index contributed by atoms with van der Waals surface area (Å²) in [5.74, 6) is 1.92. The van der Waals surface area contributed by atoms with Crippen LogP contribution in [0.2, 0.25) is 0 Å². The average molecular weight is 443 g/mol. The van der Waals surface area contributed by atoms with Crippen LogP contribution in [0.4, 0.5) is 10.8 Å². The zero-order valence-electron chi connectivity index (χ0n) is 18.7. The number of hydrogen-bond donors (Lipinski definition) is 1. The zero-order chi connectivity index (χ0) is 21.5. The van der Waals surface area contributed by atoms with Gasteiger partial charge in [-0.3, -0.25) is 4.99 Å². The number of nitrogens with one attached hydrogen (secondary N) is 1. The molecule has 0 radical (unpaired) electrons. The van der Waals surface area contributed by atoms with Crippen molar-refractivity contribution in [3.63, 3.8) is 0 Å². The number of aliphatic imine (C=N–C) groups is 1. The van der Waals surface area contributed by atoms with Gasteiger partial charge in [-0.05, 0) is 44.0 Å². The first kappa shape index (κ1) is 21.7. The standard InChI is InChI=1S/C23H34N6OS/c1-3-24-22(25-11-10-19-18-31-23(26-19)29-12-4-5-13-29)28-16-14-27(15-17-28)20-6-8-21(30-2)9-7-20/h6-9,18H,3-5,10-17H2,1-2H3,(H,24,25). The van der Waals surface area contributed by atoms with E-state index in [4.69, 9.17) is 14.7 Å². The summed E-state index contributed by atoms with van der Waals surface area (Å²) in [6, 6.07) is 8.33. The highest BCUT2D eigenvalue weighted by Gasteiger charge is 2.20. The molecule has 1 aromatic heterocycles. The predicted molar refractivity (Wildman–Crippen MR) is 130 cm³/mol. The Morgan fingerprint density at radius 2 is 1.81 bits per heavy atom. The second-order valence-corrected chi connectivity index (χ2v) is 8.81. The van der Waals surface area contributed by atoms with Crippen molar-refractivity contribution in [2.24, 2.45) is 4.99 Å². The molecular formula is C23H34N6OS. The van der Waals surface area contributed by atoms with E-state index < -0.39 is 0 Å². The minimum absolute atomic E-state index is 0.768. The van der Waals surface area contributed by atoms with Crippen LogP contribution in [-0.2, 0) is 6.42 Å². The Labute approximate surface area is 189 Å². The van der Waals surface area contributed by atoms with Gasteiger partial charge in [-0.2, -0.15) is 0 Å². The van der Waals surface area contributed by atoms with Gasteiger partial charge in [0.1, 0.15) is 5.75 Å². The van der Waals surface area contributed by atoms with E-state index in [2.05, 4.69) is 44.5 Å². The monoisotopic (exact) mass is 442 g/mol. The summed E-state index contributed by atoms with van der Waals surface area (Å²) < 4.78 is 5.27. The summed E-state index contributed by atoms with van der Waals surface area (Å²) in [7, 11) is 1.70. The normalized spacial score (nSPS) is 17.4. The fourth-order valence-corrected chi connectivity index (χ4v) is 5.05. The fraction of sp³-hybridized carbons (Fsp3) is 0.565. The van der Waals surface area contributed by atoms with Crippen molar-refractivity contribution >= 4 is 28.1 Å². The Bertz CT molecular complexity index is 838. The van der Waals surface area contributed by atoms with Gasteiger partial charge in [0.15, 0.2) is 11.1 Å². The van der Waals surface area contributed by atoms with Crippen molar-refractivity contribution < 1.29 is 4.74 Å². The topological polar surface area (TPSA) is 56.2 Å². The Morgan fingerprint density at radius 1 is 1.06 bits per heavy atom. The molecule has 0 amide bonds. The summed E-state index contributed by atoms with van der Waals surface area (Å²) in [4.78, 5) is 16.9. The van der Waals surface area contributed by atoms with Crippen molar-refractivity contribution in [1.29, 1.82) is 0 Å². The summed E-state index contributed by atoms with van der Waals surface area (Å²) in [5, 5.41) is 6.85. The van der Waals surface area contributed by atoms with Crippen LogP contribution in [0.15, 0.2) is 34.6 Å². The van der Waals surface area contributed by atoms with Gasteiger partial charge in [-0.25, -0.2) is 4.98 Å². The van der Waals surface area contributed by atoms with E-state index in [0.717, 1.165) is 76.2 Å². The van der Waals surface area contributed by atoms with E-state index >= 15 is 0 Å². The number of thiazole rings is 1. The SMILES string of the molecule is CCNC(=NCCc1csc(N2CCCC2)n1)N1CCN(c2ccc(OC)cc2)CC1. The Morgan fingerprint density at radius 3 is 2.48 bits per heavy atom. The van der Waals surface area contributed by atoms with Crippen LogP contribution in [0, 0.1) is 0 Å². The van der Waals surface area contributed by atoms with Crippen LogP contribution in [0.5, 0.6) is 5.75 Å². The maximum atomic E-state index is 5.27. The Hall–Kier alpha value is -2.48. The number of rotatable bonds is 7. The van der Waals surface area contributed by atoms with E-state index in [1.54, 1.807) is 18.4 Å². The highest BCUT2D eigenvalue weighted by atomic mass is 32.1. The second-order valence-electron chi connectivity index (χ2n) is 7.97. The number of hydrogen-bond acceptors (Lipinski definition) is 6. The van der Waals surface area contributed by atoms with Crippen LogP contribution in [0.25, 0.3) is 0 Å². The van der Waals surface area contributed by atoms with E-state index in [1.807, 2.05) is 12.1 Å². The molecule has 3 heterocycles. The molecule has 0 saturated carbocycles. The van der Waals surface area contributed by atoms with Crippen LogP contribution in [0.1, 0.15) is 25.5 Å². The van der Waals surface area contributed by atoms with Crippen molar-refractivity contribution in [3.8, 4) is 5.75 Å². The number of methoxy groups -OCH3 is 1. The lowest BCUT2D eigenvalue weighted by Gasteiger charge is -2.37. The second kappa shape index (κ2) is 10.7. The van der Waals surface area contributed by atoms with Crippen molar-refractivity contribution in [2.45, 2.75) is 26.2 Å². The van der Waals surface area contributed by atoms with Gasteiger partial charge in [-0.1, -0.05) is 0 Å². The molecule has 2 saturated heterocycles. The lowest BCUT2D eigenvalue weighted by atomic mass is 10.2. The first-order chi connectivity index (χ1) is 15.3. The van der Waals surface area contributed by atoms with E-state index in [-0.39, 0.29) is 0 Å². The highest BCUT2D eigenvalue weighted by Crippen LogP contribution is 2.24. The molecule has 168 valence electrons. The summed E-state index contributed by atoms with van der Waals surface area (Å²) in [6.45, 7) is 9.99. The molecule has 2 aliphatic heterocycles. The molecule has 2 aromatic rings. The van der Waals surface area contributed by atoms with Gasteiger partial charge in [0.2, 0.25) is 0 Å². The summed E-state index contributed by atoms with van der Waals surface area (Å²) in [5.41, 5.74) is 2.41. The molecule has 2 fully saturated rings. The third-order valence-corrected chi connectivity index (χ3v) is 6.85. The molecule has 2 aliphatic rings. The maximum Gasteiger partial charge on any atom is 0.194 e. The van der Waals surface area contributed by atoms with Gasteiger partial charge in [0, 0.05) is 69.8 Å². The molecule has 4 rings (SSSR count). The van der Waals surface area contributed by atoms with Gasteiger partial charge < -0.3 is 24.8 Å². The molecule has 7 nitrogen and oxygen atoms in total. The van der Waals surface area contributed by atoms with Gasteiger partial charge in [0.05, 0.1) is 12.8 Å². The summed E-state index contributed by atoms with van der Waals surface area (Å²) in [6.07, 6.45) is 3.47. The number of benzene rings is 1. The largest absolute Gasteiger partial charge is 0.497 e. The number of piperazine rings is 1. The van der Waals surface area contributed by atoms with Crippen molar-refractivity contribution in [2.75, 3.05) is 69.3 Å². The highest BCUT2D eigenvalue weighted by molar-refractivity contribution is 7.13. The van der Waals surface area contributed by atoms with Crippen molar-refractivity contribution in [1.82, 2.24) is 15.2 Å². The minimum atomic E-state index is 0.768. The number of aromatic nitrogens is 1. The molecule has 1 aromatic carbocycles. The van der Waals surface area contributed by atoms with Crippen LogP contribution >= 0.6 is 11.3 Å². The molecule has 8 heteroatoms. The predicted octanol–water partition coefficient (Wildman–Crippen LogP) is 3.08. The Kier molecular flexibility index (Phi) is 7.51. The van der Waals surface area contributed by atoms with E-state index in [1.165, 1.54) is 23.7 Å². The molecule has 0 spiro atoms. The lowest BCUT2D eigenvalue weighted by molar-refractivity contribution is 0.372. The van der Waals surface area contributed by atoms with Crippen LogP contribution in [0.3, 0.4) is 0 Å². The van der Waals surface area contributed by atoms with E-state index in [9.17, 15) is 0 Å². The lowest BCUT2D eigenvalue weighted by Crippen LogP contribution is -2.52. The average Bonchev–Trinajstić information content (AvgIpc) is 3.51. The third-order valence-electron chi connectivity index (χ3n) is 5.90. The first-order valence-corrected chi connectivity index (χ1v) is 12.3. The third kappa shape index (κ3) is 5.61. The van der Waals surface area contributed by atoms with Gasteiger partial charge in [-0.15, -0.1) is 11.3 Å². The van der Waals surface area contributed by atoms with Crippen LogP contribution < -0.4 is 19.9 Å². The molecule has 1 N–H and O–H groups in total. The number of anilines is 2. The molecule has 0 atom stereocenters. The van der Waals surface area contributed by atoms with Crippen molar-refractivity contribution in [3.05, 3.63) is 35.3 Å². The van der Waals surface area contributed by atoms with E-state index in [0.29, 0.717) is 0 Å². The number of guanidine groups is 1. The molecule has 0 unspecified atom stereocenters. The smallest absolute Gasteiger partial charge is 0.194 e. The minimum Gasteiger partial charge on any atom is -0.497 e. The first-order valence-electron chi connectivity index (χ1n) is 11.4. The molecule has 31 heavy (non-hydrogen) atoms. The Balaban J connectivity index is 1.29. The van der Waals surface area contributed by atoms with Gasteiger partial charge in [0.25, 0.3) is 0 Å². The fourth-order valence-electron chi connectivity index (χ4n) is 4.14. The molecular weight excluding hydrogens is 408 g/mol. The number of ether oxygens (including phenoxy) is 1. The molecule has 0 aliphatic carbocycles. The summed E-state index contributed by atoms with van der Waals surface area (Å²) >= 11 is 1.77. The zero-order valence-corrected chi connectivity index (χ0v) is 19.5. The van der Waals surface area contributed by atoms with Gasteiger partial charge >= 0.3 is 0 Å². The van der Waals surface area contributed by atoms with Crippen LogP contribution in [-0.4, -0.2) is 75.3 Å². The number of nitrogens with zero attached hydrogens (tertiary/aromatic N) is 5. The molecule has 0 bridgehead atoms. The quantitative estimate of drug-likeness (QED) is 0.525.